The monoisotopic (exact) mass is 321 g/mol. The number of alkyl carbamates (subject to hydrolysis) is 1. The van der Waals surface area contributed by atoms with E-state index in [4.69, 9.17) is 10.00 Å². The number of hydrogen-bond acceptors (Lipinski definition) is 5. The molecule has 118 valence electrons. The highest BCUT2D eigenvalue weighted by Crippen LogP contribution is 2.19. The fraction of sp³-hybridized carbons (Fsp3) is 0.533. The average Bonchev–Trinajstić information content (AvgIpc) is 2.98. The van der Waals surface area contributed by atoms with Gasteiger partial charge in [0.2, 0.25) is 5.91 Å². The van der Waals surface area contributed by atoms with Gasteiger partial charge in [0.15, 0.2) is 0 Å². The maximum Gasteiger partial charge on any atom is 0.408 e. The van der Waals surface area contributed by atoms with Crippen molar-refractivity contribution in [1.29, 1.82) is 5.26 Å². The first-order valence-corrected chi connectivity index (χ1v) is 7.92. The van der Waals surface area contributed by atoms with E-state index in [1.165, 1.54) is 11.3 Å². The second-order valence-electron chi connectivity index (χ2n) is 6.18. The zero-order valence-corrected chi connectivity index (χ0v) is 13.7. The SMILES string of the molecule is CC(C)(C)OC(=O)NC1CCN(Cc2csc(C#N)c2)C1=O. The minimum atomic E-state index is -0.588. The van der Waals surface area contributed by atoms with E-state index in [0.29, 0.717) is 24.4 Å². The molecular formula is C15H19N3O3S. The van der Waals surface area contributed by atoms with Crippen LogP contribution in [0.4, 0.5) is 4.79 Å². The van der Waals surface area contributed by atoms with Crippen molar-refractivity contribution >= 4 is 23.3 Å². The molecule has 0 radical (unpaired) electrons. The molecule has 1 N–H and O–H groups in total. The van der Waals surface area contributed by atoms with E-state index < -0.39 is 17.7 Å². The number of likely N-dealkylation sites (tertiary alicyclic amines) is 1. The van der Waals surface area contributed by atoms with Crippen LogP contribution in [0.5, 0.6) is 0 Å². The Kier molecular flexibility index (Phi) is 4.71. The summed E-state index contributed by atoms with van der Waals surface area (Å²) < 4.78 is 5.16. The average molecular weight is 321 g/mol. The molecule has 1 atom stereocenters. The van der Waals surface area contributed by atoms with Crippen molar-refractivity contribution in [3.63, 3.8) is 0 Å². The van der Waals surface area contributed by atoms with Crippen molar-refractivity contribution in [2.45, 2.75) is 45.4 Å². The molecule has 6 nitrogen and oxygen atoms in total. The molecule has 1 unspecified atom stereocenters. The normalized spacial score (nSPS) is 18.2. The van der Waals surface area contributed by atoms with E-state index in [2.05, 4.69) is 11.4 Å². The lowest BCUT2D eigenvalue weighted by Crippen LogP contribution is -2.43. The zero-order chi connectivity index (χ0) is 16.3. The van der Waals surface area contributed by atoms with Crippen molar-refractivity contribution in [2.24, 2.45) is 0 Å². The van der Waals surface area contributed by atoms with Gasteiger partial charge in [-0.2, -0.15) is 5.26 Å². The standard InChI is InChI=1S/C15H19N3O3S/c1-15(2,3)21-14(20)17-12-4-5-18(13(12)19)8-10-6-11(7-16)22-9-10/h6,9,12H,4-5,8H2,1-3H3,(H,17,20). The van der Waals surface area contributed by atoms with Crippen LogP contribution in [0.3, 0.4) is 0 Å². The van der Waals surface area contributed by atoms with Gasteiger partial charge in [-0.1, -0.05) is 0 Å². The van der Waals surface area contributed by atoms with Crippen LogP contribution in [0.1, 0.15) is 37.6 Å². The van der Waals surface area contributed by atoms with Gasteiger partial charge in [0.05, 0.1) is 0 Å². The number of nitriles is 1. The molecule has 2 amide bonds. The molecule has 1 fully saturated rings. The topological polar surface area (TPSA) is 82.4 Å². The van der Waals surface area contributed by atoms with Gasteiger partial charge < -0.3 is 15.0 Å². The van der Waals surface area contributed by atoms with Crippen molar-refractivity contribution in [2.75, 3.05) is 6.54 Å². The Hall–Kier alpha value is -2.07. The molecule has 0 aromatic carbocycles. The third-order valence-corrected chi connectivity index (χ3v) is 4.01. The third kappa shape index (κ3) is 4.21. The van der Waals surface area contributed by atoms with Gasteiger partial charge in [-0.05, 0) is 44.2 Å². The molecule has 1 aliphatic rings. The Labute approximate surface area is 133 Å². The minimum Gasteiger partial charge on any atom is -0.444 e. The van der Waals surface area contributed by atoms with Crippen LogP contribution in [0.2, 0.25) is 0 Å². The molecule has 1 aromatic rings. The fourth-order valence-electron chi connectivity index (χ4n) is 2.22. The van der Waals surface area contributed by atoms with E-state index >= 15 is 0 Å². The molecular weight excluding hydrogens is 302 g/mol. The molecule has 1 aromatic heterocycles. The summed E-state index contributed by atoms with van der Waals surface area (Å²) in [6.45, 7) is 6.37. The summed E-state index contributed by atoms with van der Waals surface area (Å²) >= 11 is 1.36. The van der Waals surface area contributed by atoms with Gasteiger partial charge >= 0.3 is 6.09 Å². The molecule has 2 heterocycles. The fourth-order valence-corrected chi connectivity index (χ4v) is 2.91. The first-order valence-electron chi connectivity index (χ1n) is 7.04. The maximum atomic E-state index is 12.3. The number of thiophene rings is 1. The predicted molar refractivity (Wildman–Crippen MR) is 82.2 cm³/mol. The van der Waals surface area contributed by atoms with E-state index in [9.17, 15) is 9.59 Å². The molecule has 0 spiro atoms. The van der Waals surface area contributed by atoms with Gasteiger partial charge in [-0.15, -0.1) is 11.3 Å². The van der Waals surface area contributed by atoms with E-state index in [1.54, 1.807) is 31.7 Å². The second-order valence-corrected chi connectivity index (χ2v) is 7.09. The smallest absolute Gasteiger partial charge is 0.408 e. The zero-order valence-electron chi connectivity index (χ0n) is 12.9. The predicted octanol–water partition coefficient (Wildman–Crippen LogP) is 2.25. The summed E-state index contributed by atoms with van der Waals surface area (Å²) in [6, 6.07) is 3.33. The summed E-state index contributed by atoms with van der Waals surface area (Å²) in [5, 5.41) is 13.3. The van der Waals surface area contributed by atoms with Crippen LogP contribution >= 0.6 is 11.3 Å². The number of rotatable bonds is 3. The van der Waals surface area contributed by atoms with Crippen LogP contribution in [0, 0.1) is 11.3 Å². The van der Waals surface area contributed by atoms with Crippen molar-refractivity contribution in [3.05, 3.63) is 21.9 Å². The van der Waals surface area contributed by atoms with Crippen molar-refractivity contribution in [3.8, 4) is 6.07 Å². The number of amides is 2. The number of hydrogen-bond donors (Lipinski definition) is 1. The molecule has 1 saturated heterocycles. The van der Waals surface area contributed by atoms with Crippen LogP contribution in [-0.4, -0.2) is 35.1 Å². The lowest BCUT2D eigenvalue weighted by molar-refractivity contribution is -0.129. The molecule has 7 heteroatoms. The van der Waals surface area contributed by atoms with Gasteiger partial charge in [-0.25, -0.2) is 4.79 Å². The molecule has 0 saturated carbocycles. The summed E-state index contributed by atoms with van der Waals surface area (Å²) in [5.41, 5.74) is 0.350. The molecule has 0 bridgehead atoms. The Morgan fingerprint density at radius 3 is 2.91 bits per heavy atom. The maximum absolute atomic E-state index is 12.3. The largest absolute Gasteiger partial charge is 0.444 e. The highest BCUT2D eigenvalue weighted by atomic mass is 32.1. The lowest BCUT2D eigenvalue weighted by Gasteiger charge is -2.21. The van der Waals surface area contributed by atoms with Crippen LogP contribution in [0.15, 0.2) is 11.4 Å². The molecule has 0 aliphatic carbocycles. The Balaban J connectivity index is 1.89. The van der Waals surface area contributed by atoms with E-state index in [0.717, 1.165) is 5.56 Å². The quantitative estimate of drug-likeness (QED) is 0.925. The molecule has 2 rings (SSSR count). The number of ether oxygens (including phenoxy) is 1. The highest BCUT2D eigenvalue weighted by Gasteiger charge is 2.33. The van der Waals surface area contributed by atoms with Crippen molar-refractivity contribution in [1.82, 2.24) is 10.2 Å². The Morgan fingerprint density at radius 1 is 1.59 bits per heavy atom. The van der Waals surface area contributed by atoms with Gasteiger partial charge in [0.1, 0.15) is 22.6 Å². The lowest BCUT2D eigenvalue weighted by atomic mass is 10.2. The Bertz CT molecular complexity index is 612. The number of carbonyl (C=O) groups excluding carboxylic acids is 2. The van der Waals surface area contributed by atoms with Gasteiger partial charge in [-0.3, -0.25) is 4.79 Å². The van der Waals surface area contributed by atoms with Crippen LogP contribution in [0.25, 0.3) is 0 Å². The minimum absolute atomic E-state index is 0.115. The van der Waals surface area contributed by atoms with E-state index in [1.807, 2.05) is 5.38 Å². The second kappa shape index (κ2) is 6.36. The third-order valence-electron chi connectivity index (χ3n) is 3.13. The van der Waals surface area contributed by atoms with Gasteiger partial charge in [0.25, 0.3) is 0 Å². The number of nitrogens with zero attached hydrogens (tertiary/aromatic N) is 2. The van der Waals surface area contributed by atoms with Crippen LogP contribution in [-0.2, 0) is 16.1 Å². The summed E-state index contributed by atoms with van der Waals surface area (Å²) in [7, 11) is 0. The molecule has 22 heavy (non-hydrogen) atoms. The van der Waals surface area contributed by atoms with E-state index in [-0.39, 0.29) is 5.91 Å². The number of carbonyl (C=O) groups is 2. The van der Waals surface area contributed by atoms with Crippen LogP contribution < -0.4 is 5.32 Å². The van der Waals surface area contributed by atoms with Gasteiger partial charge in [0, 0.05) is 13.1 Å². The molecule has 1 aliphatic heterocycles. The summed E-state index contributed by atoms with van der Waals surface area (Å²) in [6.07, 6.45) is -0.0113. The van der Waals surface area contributed by atoms with Crippen molar-refractivity contribution < 1.29 is 14.3 Å². The first-order chi connectivity index (χ1) is 10.3. The summed E-state index contributed by atoms with van der Waals surface area (Å²) in [4.78, 5) is 26.3. The summed E-state index contributed by atoms with van der Waals surface area (Å²) in [5.74, 6) is -0.115. The first kappa shape index (κ1) is 16.3. The Morgan fingerprint density at radius 2 is 2.32 bits per heavy atom. The number of nitrogens with one attached hydrogen (secondary N) is 1. The highest BCUT2D eigenvalue weighted by molar-refractivity contribution is 7.10.